The van der Waals surface area contributed by atoms with Gasteiger partial charge >= 0.3 is 5.97 Å². The first kappa shape index (κ1) is 17.9. The Bertz CT molecular complexity index is 285. The van der Waals surface area contributed by atoms with E-state index < -0.39 is 17.3 Å². The second-order valence-corrected chi connectivity index (χ2v) is 5.55. The zero-order valence-electron chi connectivity index (χ0n) is 12.8. The fraction of sp³-hybridized carbons (Fsp3) is 0.857. The molecule has 0 heterocycles. The molecule has 112 valence electrons. The van der Waals surface area contributed by atoms with Crippen molar-refractivity contribution in [2.75, 3.05) is 26.2 Å². The average molecular weight is 272 g/mol. The molecule has 0 aromatic heterocycles. The molecule has 19 heavy (non-hydrogen) atoms. The molecule has 0 aromatic rings. The Morgan fingerprint density at radius 2 is 1.79 bits per heavy atom. The largest absolute Gasteiger partial charge is 0.465 e. The lowest BCUT2D eigenvalue weighted by Gasteiger charge is -2.27. The van der Waals surface area contributed by atoms with E-state index in [2.05, 4.69) is 10.6 Å². The molecule has 0 aliphatic heterocycles. The van der Waals surface area contributed by atoms with Crippen molar-refractivity contribution >= 4 is 11.9 Å². The van der Waals surface area contributed by atoms with E-state index in [1.807, 2.05) is 27.7 Å². The molecule has 0 saturated heterocycles. The van der Waals surface area contributed by atoms with E-state index in [1.165, 1.54) is 0 Å². The van der Waals surface area contributed by atoms with Crippen LogP contribution in [-0.4, -0.2) is 38.1 Å². The minimum atomic E-state index is -0.758. The Morgan fingerprint density at radius 1 is 1.16 bits per heavy atom. The Balaban J connectivity index is 4.36. The first-order chi connectivity index (χ1) is 8.84. The summed E-state index contributed by atoms with van der Waals surface area (Å²) in [7, 11) is 0. The van der Waals surface area contributed by atoms with E-state index in [-0.39, 0.29) is 5.91 Å². The number of carbonyl (C=O) groups is 2. The summed E-state index contributed by atoms with van der Waals surface area (Å²) in [6.07, 6.45) is 0.846. The Morgan fingerprint density at radius 3 is 2.26 bits per heavy atom. The molecule has 0 spiro atoms. The minimum absolute atomic E-state index is 0.248. The number of esters is 1. The maximum atomic E-state index is 12.1. The van der Waals surface area contributed by atoms with Crippen LogP contribution >= 0.6 is 0 Å². The van der Waals surface area contributed by atoms with E-state index in [1.54, 1.807) is 6.92 Å². The number of nitrogens with one attached hydrogen (secondary N) is 2. The SMILES string of the molecule is CCNCCCNC(=O)C(C(=O)OCC)C(C)(C)C. The third-order valence-corrected chi connectivity index (χ3v) is 2.73. The minimum Gasteiger partial charge on any atom is -0.465 e. The summed E-state index contributed by atoms with van der Waals surface area (Å²) < 4.78 is 4.98. The molecule has 1 unspecified atom stereocenters. The van der Waals surface area contributed by atoms with Crippen molar-refractivity contribution in [1.82, 2.24) is 10.6 Å². The molecule has 0 saturated carbocycles. The molecule has 0 fully saturated rings. The molecule has 0 rings (SSSR count). The molecule has 5 heteroatoms. The highest BCUT2D eigenvalue weighted by Gasteiger charge is 2.38. The highest BCUT2D eigenvalue weighted by atomic mass is 16.5. The van der Waals surface area contributed by atoms with Gasteiger partial charge in [-0.05, 0) is 31.8 Å². The van der Waals surface area contributed by atoms with Crippen LogP contribution in [0.1, 0.15) is 41.0 Å². The van der Waals surface area contributed by atoms with Crippen molar-refractivity contribution in [3.63, 3.8) is 0 Å². The van der Waals surface area contributed by atoms with E-state index >= 15 is 0 Å². The summed E-state index contributed by atoms with van der Waals surface area (Å²) >= 11 is 0. The second-order valence-electron chi connectivity index (χ2n) is 5.55. The van der Waals surface area contributed by atoms with Gasteiger partial charge < -0.3 is 15.4 Å². The first-order valence-corrected chi connectivity index (χ1v) is 6.99. The van der Waals surface area contributed by atoms with Gasteiger partial charge in [0.1, 0.15) is 5.92 Å². The third-order valence-electron chi connectivity index (χ3n) is 2.73. The van der Waals surface area contributed by atoms with Crippen LogP contribution < -0.4 is 10.6 Å². The molecule has 1 atom stereocenters. The van der Waals surface area contributed by atoms with Crippen LogP contribution in [0.4, 0.5) is 0 Å². The normalized spacial score (nSPS) is 12.9. The predicted octanol–water partition coefficient (Wildman–Crippen LogP) is 1.33. The van der Waals surface area contributed by atoms with Gasteiger partial charge in [-0.1, -0.05) is 27.7 Å². The van der Waals surface area contributed by atoms with Crippen molar-refractivity contribution in [2.45, 2.75) is 41.0 Å². The first-order valence-electron chi connectivity index (χ1n) is 6.99. The number of ether oxygens (including phenoxy) is 1. The van der Waals surface area contributed by atoms with Gasteiger partial charge in [-0.25, -0.2) is 0 Å². The highest BCUT2D eigenvalue weighted by Crippen LogP contribution is 2.27. The number of carbonyl (C=O) groups excluding carboxylic acids is 2. The maximum Gasteiger partial charge on any atom is 0.319 e. The van der Waals surface area contributed by atoms with E-state index in [4.69, 9.17) is 4.74 Å². The number of amides is 1. The van der Waals surface area contributed by atoms with Crippen molar-refractivity contribution in [2.24, 2.45) is 11.3 Å². The van der Waals surface area contributed by atoms with Gasteiger partial charge in [0.2, 0.25) is 5.91 Å². The Kier molecular flexibility index (Phi) is 8.39. The standard InChI is InChI=1S/C14H28N2O3/c1-6-15-9-8-10-16-12(17)11(14(3,4)5)13(18)19-7-2/h11,15H,6-10H2,1-5H3,(H,16,17). The third kappa shape index (κ3) is 7.15. The summed E-state index contributed by atoms with van der Waals surface area (Å²) in [5.41, 5.74) is -0.446. The Labute approximate surface area is 116 Å². The number of hydrogen-bond acceptors (Lipinski definition) is 4. The molecule has 0 aliphatic carbocycles. The fourth-order valence-corrected chi connectivity index (χ4v) is 1.78. The van der Waals surface area contributed by atoms with Gasteiger partial charge in [0.25, 0.3) is 0 Å². The summed E-state index contributed by atoms with van der Waals surface area (Å²) in [6.45, 7) is 12.0. The van der Waals surface area contributed by atoms with E-state index in [9.17, 15) is 9.59 Å². The van der Waals surface area contributed by atoms with Crippen LogP contribution in [0, 0.1) is 11.3 Å². The van der Waals surface area contributed by atoms with Crippen LogP contribution in [0.3, 0.4) is 0 Å². The number of hydrogen-bond donors (Lipinski definition) is 2. The zero-order valence-corrected chi connectivity index (χ0v) is 12.8. The molecule has 0 aromatic carbocycles. The molecular weight excluding hydrogens is 244 g/mol. The van der Waals surface area contributed by atoms with Crippen LogP contribution in [0.15, 0.2) is 0 Å². The van der Waals surface area contributed by atoms with Gasteiger partial charge in [-0.15, -0.1) is 0 Å². The lowest BCUT2D eigenvalue weighted by Crippen LogP contribution is -2.44. The smallest absolute Gasteiger partial charge is 0.319 e. The average Bonchev–Trinajstić information content (AvgIpc) is 2.27. The van der Waals surface area contributed by atoms with E-state index in [0.717, 1.165) is 19.5 Å². The van der Waals surface area contributed by atoms with Crippen molar-refractivity contribution in [3.8, 4) is 0 Å². The molecule has 0 radical (unpaired) electrons. The summed E-state index contributed by atoms with van der Waals surface area (Å²) in [4.78, 5) is 24.0. The van der Waals surface area contributed by atoms with Crippen LogP contribution in [0.5, 0.6) is 0 Å². The quantitative estimate of drug-likeness (QED) is 0.397. The molecule has 1 amide bonds. The van der Waals surface area contributed by atoms with Crippen molar-refractivity contribution in [1.29, 1.82) is 0 Å². The van der Waals surface area contributed by atoms with Gasteiger partial charge in [-0.3, -0.25) is 9.59 Å². The maximum absolute atomic E-state index is 12.1. The van der Waals surface area contributed by atoms with Crippen LogP contribution in [0.2, 0.25) is 0 Å². The number of rotatable bonds is 8. The van der Waals surface area contributed by atoms with Crippen LogP contribution in [0.25, 0.3) is 0 Å². The summed E-state index contributed by atoms with van der Waals surface area (Å²) in [5, 5.41) is 5.99. The van der Waals surface area contributed by atoms with Crippen LogP contribution in [-0.2, 0) is 14.3 Å². The summed E-state index contributed by atoms with van der Waals surface area (Å²) in [6, 6.07) is 0. The molecule has 5 nitrogen and oxygen atoms in total. The van der Waals surface area contributed by atoms with E-state index in [0.29, 0.717) is 13.2 Å². The van der Waals surface area contributed by atoms with Gasteiger partial charge in [0.05, 0.1) is 6.61 Å². The molecule has 0 bridgehead atoms. The highest BCUT2D eigenvalue weighted by molar-refractivity contribution is 5.98. The summed E-state index contributed by atoms with van der Waals surface area (Å²) in [5.74, 6) is -1.45. The molecular formula is C14H28N2O3. The zero-order chi connectivity index (χ0) is 14.9. The van der Waals surface area contributed by atoms with Crippen molar-refractivity contribution in [3.05, 3.63) is 0 Å². The second kappa shape index (κ2) is 8.91. The van der Waals surface area contributed by atoms with Crippen molar-refractivity contribution < 1.29 is 14.3 Å². The van der Waals surface area contributed by atoms with Gasteiger partial charge in [0.15, 0.2) is 0 Å². The van der Waals surface area contributed by atoms with Gasteiger partial charge in [-0.2, -0.15) is 0 Å². The topological polar surface area (TPSA) is 67.4 Å². The van der Waals surface area contributed by atoms with Gasteiger partial charge in [0, 0.05) is 6.54 Å². The molecule has 0 aliphatic rings. The fourth-order valence-electron chi connectivity index (χ4n) is 1.78. The monoisotopic (exact) mass is 272 g/mol. The lowest BCUT2D eigenvalue weighted by atomic mass is 9.80. The Hall–Kier alpha value is -1.10. The lowest BCUT2D eigenvalue weighted by molar-refractivity contribution is -0.156. The predicted molar refractivity (Wildman–Crippen MR) is 75.7 cm³/mol. The molecule has 2 N–H and O–H groups in total.